The van der Waals surface area contributed by atoms with Gasteiger partial charge in [0, 0.05) is 6.04 Å². The molecule has 1 heterocycles. The number of carbonyl (C=O) groups excluding carboxylic acids is 1. The number of amides is 1. The van der Waals surface area contributed by atoms with Crippen LogP contribution in [0.4, 0.5) is 0 Å². The Morgan fingerprint density at radius 2 is 2.06 bits per heavy atom. The number of nitrogens with one attached hydrogen (secondary N) is 1. The average molecular weight is 286 g/mol. The Morgan fingerprint density at radius 3 is 2.67 bits per heavy atom. The minimum atomic E-state index is -0.0794. The Bertz CT molecular complexity index is 327. The third-order valence-electron chi connectivity index (χ3n) is 4.01. The fraction of sp³-hybridized carbons (Fsp3) is 0.846. The van der Waals surface area contributed by atoms with Gasteiger partial charge in [-0.2, -0.15) is 11.8 Å². The van der Waals surface area contributed by atoms with Crippen molar-refractivity contribution in [2.24, 2.45) is 5.92 Å². The van der Waals surface area contributed by atoms with Crippen molar-refractivity contribution in [2.75, 3.05) is 12.0 Å². The highest BCUT2D eigenvalue weighted by molar-refractivity contribution is 7.98. The van der Waals surface area contributed by atoms with E-state index >= 15 is 0 Å². The van der Waals surface area contributed by atoms with Crippen molar-refractivity contribution < 1.29 is 4.79 Å². The van der Waals surface area contributed by atoms with Crippen LogP contribution in [0.5, 0.6) is 0 Å². The number of thioether (sulfide) groups is 1. The second kappa shape index (κ2) is 6.24. The molecule has 18 heavy (non-hydrogen) atoms. The first-order valence-electron chi connectivity index (χ1n) is 6.76. The third-order valence-corrected chi connectivity index (χ3v) is 4.97. The molecule has 1 aliphatic heterocycles. The summed E-state index contributed by atoms with van der Waals surface area (Å²) in [6.07, 6.45) is 7.57. The van der Waals surface area contributed by atoms with E-state index in [9.17, 15) is 4.79 Å². The van der Waals surface area contributed by atoms with Crippen LogP contribution in [0.15, 0.2) is 0 Å². The van der Waals surface area contributed by atoms with Crippen molar-refractivity contribution in [3.8, 4) is 0 Å². The summed E-state index contributed by atoms with van der Waals surface area (Å²) in [5.74, 6) is 2.00. The predicted molar refractivity (Wildman–Crippen MR) is 80.8 cm³/mol. The zero-order valence-corrected chi connectivity index (χ0v) is 12.8. The summed E-state index contributed by atoms with van der Waals surface area (Å²) in [5, 5.41) is 3.85. The van der Waals surface area contributed by atoms with Gasteiger partial charge < -0.3 is 5.32 Å². The van der Waals surface area contributed by atoms with Gasteiger partial charge in [-0.1, -0.05) is 6.92 Å². The largest absolute Gasteiger partial charge is 0.350 e. The minimum Gasteiger partial charge on any atom is -0.350 e. The van der Waals surface area contributed by atoms with E-state index in [2.05, 4.69) is 18.5 Å². The third kappa shape index (κ3) is 2.99. The lowest BCUT2D eigenvalue weighted by molar-refractivity contribution is -0.129. The van der Waals surface area contributed by atoms with Gasteiger partial charge in [-0.15, -0.1) is 0 Å². The topological polar surface area (TPSA) is 32.3 Å². The first-order valence-corrected chi connectivity index (χ1v) is 8.56. The van der Waals surface area contributed by atoms with Gasteiger partial charge in [0.15, 0.2) is 5.11 Å². The van der Waals surface area contributed by atoms with E-state index in [1.165, 1.54) is 12.8 Å². The lowest BCUT2D eigenvalue weighted by atomic mass is 9.86. The summed E-state index contributed by atoms with van der Waals surface area (Å²) in [5.41, 5.74) is 0. The van der Waals surface area contributed by atoms with Crippen molar-refractivity contribution in [3.05, 3.63) is 0 Å². The molecule has 2 fully saturated rings. The van der Waals surface area contributed by atoms with Crippen molar-refractivity contribution in [2.45, 2.75) is 51.1 Å². The van der Waals surface area contributed by atoms with E-state index in [4.69, 9.17) is 12.2 Å². The van der Waals surface area contributed by atoms with Crippen LogP contribution in [0.1, 0.15) is 39.0 Å². The van der Waals surface area contributed by atoms with Crippen molar-refractivity contribution in [3.63, 3.8) is 0 Å². The zero-order chi connectivity index (χ0) is 13.1. The second-order valence-electron chi connectivity index (χ2n) is 5.41. The van der Waals surface area contributed by atoms with E-state index < -0.39 is 0 Å². The van der Waals surface area contributed by atoms with Crippen LogP contribution in [0.25, 0.3) is 0 Å². The molecule has 1 N–H and O–H groups in total. The molecule has 0 bridgehead atoms. The fourth-order valence-electron chi connectivity index (χ4n) is 2.83. The maximum absolute atomic E-state index is 12.4. The first-order chi connectivity index (χ1) is 8.63. The monoisotopic (exact) mass is 286 g/mol. The van der Waals surface area contributed by atoms with Gasteiger partial charge in [0.1, 0.15) is 6.04 Å². The molecule has 1 aliphatic carbocycles. The number of thiocarbonyl (C=S) groups is 1. The summed E-state index contributed by atoms with van der Waals surface area (Å²) in [6.45, 7) is 2.29. The molecule has 102 valence electrons. The van der Waals surface area contributed by atoms with Crippen molar-refractivity contribution in [1.29, 1.82) is 0 Å². The Labute approximate surface area is 119 Å². The maximum atomic E-state index is 12.4. The molecule has 2 rings (SSSR count). The van der Waals surface area contributed by atoms with E-state index in [1.54, 1.807) is 11.8 Å². The summed E-state index contributed by atoms with van der Waals surface area (Å²) in [4.78, 5) is 14.2. The van der Waals surface area contributed by atoms with Crippen LogP contribution < -0.4 is 5.32 Å². The van der Waals surface area contributed by atoms with E-state index in [1.807, 2.05) is 4.90 Å². The van der Waals surface area contributed by atoms with Gasteiger partial charge >= 0.3 is 0 Å². The quantitative estimate of drug-likeness (QED) is 0.804. The van der Waals surface area contributed by atoms with Gasteiger partial charge in [-0.3, -0.25) is 9.69 Å². The van der Waals surface area contributed by atoms with Crippen molar-refractivity contribution >= 4 is 35.0 Å². The highest BCUT2D eigenvalue weighted by Crippen LogP contribution is 2.29. The van der Waals surface area contributed by atoms with Gasteiger partial charge in [-0.05, 0) is 62.2 Å². The van der Waals surface area contributed by atoms with Crippen LogP contribution in [0.3, 0.4) is 0 Å². The van der Waals surface area contributed by atoms with Crippen LogP contribution in [0.2, 0.25) is 0 Å². The van der Waals surface area contributed by atoms with Gasteiger partial charge in [-0.25, -0.2) is 0 Å². The number of hydrogen-bond donors (Lipinski definition) is 1. The highest BCUT2D eigenvalue weighted by Gasteiger charge is 2.39. The summed E-state index contributed by atoms with van der Waals surface area (Å²) < 4.78 is 0. The second-order valence-corrected chi connectivity index (χ2v) is 6.78. The molecule has 5 heteroatoms. The van der Waals surface area contributed by atoms with Crippen LogP contribution in [0, 0.1) is 5.92 Å². The molecule has 0 radical (unpaired) electrons. The fourth-order valence-corrected chi connectivity index (χ4v) is 3.68. The van der Waals surface area contributed by atoms with Crippen LogP contribution in [-0.2, 0) is 4.79 Å². The lowest BCUT2D eigenvalue weighted by Crippen LogP contribution is -2.42. The summed E-state index contributed by atoms with van der Waals surface area (Å²) >= 11 is 7.12. The highest BCUT2D eigenvalue weighted by atomic mass is 32.2. The van der Waals surface area contributed by atoms with E-state index in [0.29, 0.717) is 11.2 Å². The number of hydrogen-bond acceptors (Lipinski definition) is 3. The summed E-state index contributed by atoms with van der Waals surface area (Å²) in [7, 11) is 0. The number of carbonyl (C=O) groups is 1. The smallest absolute Gasteiger partial charge is 0.251 e. The predicted octanol–water partition coefficient (Wildman–Crippen LogP) is 2.40. The molecule has 0 aromatic carbocycles. The standard InChI is InChI=1S/C13H22N2OS2/c1-9-3-5-10(6-4-9)15-12(16)11(7-8-18-2)14-13(15)17/h9-11H,3-8H2,1-2H3,(H,14,17)/t9?,10?,11-/m1/s1. The molecule has 1 atom stereocenters. The van der Waals surface area contributed by atoms with Crippen molar-refractivity contribution in [1.82, 2.24) is 10.2 Å². The molecule has 0 spiro atoms. The molecule has 3 nitrogen and oxygen atoms in total. The molecular formula is C13H22N2OS2. The average Bonchev–Trinajstić information content (AvgIpc) is 2.63. The molecule has 0 aromatic rings. The molecule has 1 saturated carbocycles. The Kier molecular flexibility index (Phi) is 4.90. The molecule has 0 unspecified atom stereocenters. The Hall–Kier alpha value is -0.290. The molecule has 1 saturated heterocycles. The lowest BCUT2D eigenvalue weighted by Gasteiger charge is -2.32. The van der Waals surface area contributed by atoms with Gasteiger partial charge in [0.05, 0.1) is 0 Å². The minimum absolute atomic E-state index is 0.0794. The molecular weight excluding hydrogens is 264 g/mol. The van der Waals surface area contributed by atoms with E-state index in [-0.39, 0.29) is 11.9 Å². The molecule has 2 aliphatic rings. The Morgan fingerprint density at radius 1 is 1.39 bits per heavy atom. The number of nitrogens with zero attached hydrogens (tertiary/aromatic N) is 1. The van der Waals surface area contributed by atoms with Gasteiger partial charge in [0.25, 0.3) is 5.91 Å². The maximum Gasteiger partial charge on any atom is 0.251 e. The molecule has 1 amide bonds. The number of rotatable bonds is 4. The van der Waals surface area contributed by atoms with Crippen LogP contribution in [-0.4, -0.2) is 40.0 Å². The first kappa shape index (κ1) is 14.1. The normalized spacial score (nSPS) is 32.8. The Balaban J connectivity index is 1.96. The van der Waals surface area contributed by atoms with Crippen LogP contribution >= 0.6 is 24.0 Å². The zero-order valence-electron chi connectivity index (χ0n) is 11.1. The van der Waals surface area contributed by atoms with E-state index in [0.717, 1.165) is 30.9 Å². The van der Waals surface area contributed by atoms with Gasteiger partial charge in [0.2, 0.25) is 0 Å². The SMILES string of the molecule is CSCC[C@H]1NC(=S)N(C2CCC(C)CC2)C1=O. The summed E-state index contributed by atoms with van der Waals surface area (Å²) in [6, 6.07) is 0.261. The molecule has 0 aromatic heterocycles.